The number of rotatable bonds is 14. The fourth-order valence-corrected chi connectivity index (χ4v) is 6.93. The highest BCUT2D eigenvalue weighted by molar-refractivity contribution is 7.78. The Balaban J connectivity index is 0.000000422. The minimum Gasteiger partial charge on any atom is -0.379 e. The van der Waals surface area contributed by atoms with Crippen molar-refractivity contribution in [1.82, 2.24) is 10.2 Å². The number of hydrogen-bond donors (Lipinski definition) is 1. The van der Waals surface area contributed by atoms with Crippen LogP contribution in [0.5, 0.6) is 0 Å². The largest absolute Gasteiger partial charge is 0.379 e. The molecule has 1 N–H and O–H groups in total. The van der Waals surface area contributed by atoms with Gasteiger partial charge in [0.2, 0.25) is 0 Å². The van der Waals surface area contributed by atoms with Crippen molar-refractivity contribution < 1.29 is 4.79 Å². The Morgan fingerprint density at radius 2 is 1.89 bits per heavy atom. The van der Waals surface area contributed by atoms with Crippen molar-refractivity contribution in [3.05, 3.63) is 94.3 Å². The molecule has 0 aromatic heterocycles. The summed E-state index contributed by atoms with van der Waals surface area (Å²) in [4.78, 5) is 14.3. The topological polar surface area (TPSA) is 56.1 Å². The molecule has 0 fully saturated rings. The first-order chi connectivity index (χ1) is 22.4. The Bertz CT molecular complexity index is 1320. The van der Waals surface area contributed by atoms with Gasteiger partial charge in [0.15, 0.2) is 5.78 Å². The number of nitrogens with zero attached hydrogens (tertiary/aromatic N) is 2. The second-order valence-corrected chi connectivity index (χ2v) is 13.5. The van der Waals surface area contributed by atoms with Crippen LogP contribution in [0.4, 0.5) is 0 Å². The monoisotopic (exact) mass is 657 g/mol. The molecule has 0 amide bonds. The Kier molecular flexibility index (Phi) is 19.9. The molecule has 0 saturated carbocycles. The first-order valence-corrected chi connectivity index (χ1v) is 18.2. The van der Waals surface area contributed by atoms with Gasteiger partial charge in [0.1, 0.15) is 0 Å². The maximum atomic E-state index is 12.1. The number of hydrogen-bond acceptors (Lipinski definition) is 4. The van der Waals surface area contributed by atoms with Crippen LogP contribution in [0.15, 0.2) is 72.0 Å². The Hall–Kier alpha value is -3.23. The molecule has 1 heterocycles. The van der Waals surface area contributed by atoms with E-state index in [1.54, 1.807) is 6.92 Å². The highest BCUT2D eigenvalue weighted by Gasteiger charge is 2.39. The molecule has 5 heteroatoms. The van der Waals surface area contributed by atoms with E-state index in [1.165, 1.54) is 71.9 Å². The lowest BCUT2D eigenvalue weighted by Gasteiger charge is -2.33. The Labute approximate surface area is 293 Å². The van der Waals surface area contributed by atoms with E-state index in [1.807, 2.05) is 26.0 Å². The van der Waals surface area contributed by atoms with Gasteiger partial charge < -0.3 is 10.2 Å². The van der Waals surface area contributed by atoms with Crippen LogP contribution in [0.3, 0.4) is 0 Å². The van der Waals surface area contributed by atoms with E-state index in [0.717, 1.165) is 36.2 Å². The predicted molar refractivity (Wildman–Crippen MR) is 208 cm³/mol. The van der Waals surface area contributed by atoms with Crippen molar-refractivity contribution in [2.45, 2.75) is 126 Å². The van der Waals surface area contributed by atoms with Crippen LogP contribution in [0, 0.1) is 23.2 Å². The Morgan fingerprint density at radius 3 is 2.40 bits per heavy atom. The molecular weight excluding hydrogens is 595 g/mol. The molecule has 4 atom stereocenters. The molecule has 3 rings (SSSR count). The third-order valence-electron chi connectivity index (χ3n) is 8.96. The average molecular weight is 658 g/mol. The van der Waals surface area contributed by atoms with Gasteiger partial charge in [0.05, 0.1) is 22.8 Å². The van der Waals surface area contributed by atoms with Gasteiger partial charge in [-0.1, -0.05) is 94.3 Å². The number of ketones is 1. The lowest BCUT2D eigenvalue weighted by Crippen LogP contribution is -2.38. The first kappa shape index (κ1) is 41.8. The number of benzene rings is 1. The maximum Gasteiger partial charge on any atom is 0.176 e. The molecule has 4 unspecified atom stereocenters. The summed E-state index contributed by atoms with van der Waals surface area (Å²) in [5.74, 6) is 1.22. The lowest BCUT2D eigenvalue weighted by atomic mass is 9.80. The molecule has 47 heavy (non-hydrogen) atoms. The Morgan fingerprint density at radius 1 is 1.21 bits per heavy atom. The van der Waals surface area contributed by atoms with E-state index in [-0.39, 0.29) is 5.78 Å². The second-order valence-electron chi connectivity index (χ2n) is 13.3. The van der Waals surface area contributed by atoms with E-state index < -0.39 is 0 Å². The molecule has 0 spiro atoms. The summed E-state index contributed by atoms with van der Waals surface area (Å²) in [7, 11) is 0. The fraction of sp³-hybridized carbons (Fsp3) is 0.548. The van der Waals surface area contributed by atoms with Gasteiger partial charge in [-0.2, -0.15) is 5.26 Å². The van der Waals surface area contributed by atoms with E-state index in [2.05, 4.69) is 95.3 Å². The average Bonchev–Trinajstić information content (AvgIpc) is 3.33. The van der Waals surface area contributed by atoms with Crippen LogP contribution in [0.25, 0.3) is 0 Å². The highest BCUT2D eigenvalue weighted by Crippen LogP contribution is 2.39. The first-order valence-electron chi connectivity index (χ1n) is 17.7. The molecule has 4 nitrogen and oxygen atoms in total. The number of carbonyl (C=O) groups excluding carboxylic acids is 1. The minimum absolute atomic E-state index is 0.130. The maximum absolute atomic E-state index is 12.1. The van der Waals surface area contributed by atoms with Crippen molar-refractivity contribution in [1.29, 1.82) is 5.26 Å². The number of aryl methyl sites for hydroxylation is 2. The van der Waals surface area contributed by atoms with Gasteiger partial charge in [0.25, 0.3) is 0 Å². The summed E-state index contributed by atoms with van der Waals surface area (Å²) >= 11 is 4.74. The van der Waals surface area contributed by atoms with E-state index in [4.69, 9.17) is 12.2 Å². The van der Waals surface area contributed by atoms with Gasteiger partial charge in [-0.3, -0.25) is 4.79 Å². The highest BCUT2D eigenvalue weighted by atomic mass is 32.1. The van der Waals surface area contributed by atoms with E-state index >= 15 is 0 Å². The SMILES string of the molecule is C=C(C)C.C=CC(C)C1C(C)C(/C=C/CNC=S)=C(C(C)=O)N1CC.CCCCCc1cc(C#N)c(C2C=C(C)CCC2)c(CC)c1. The van der Waals surface area contributed by atoms with Crippen molar-refractivity contribution in [3.8, 4) is 6.07 Å². The quantitative estimate of drug-likeness (QED) is 0.123. The molecule has 2 aliphatic rings. The van der Waals surface area contributed by atoms with Gasteiger partial charge in [-0.05, 0) is 100 Å². The number of thiocarbonyl (C=S) groups is 1. The molecule has 1 aromatic carbocycles. The summed E-state index contributed by atoms with van der Waals surface area (Å²) in [6, 6.07) is 7.30. The smallest absolute Gasteiger partial charge is 0.176 e. The molecule has 258 valence electrons. The van der Waals surface area contributed by atoms with Crippen molar-refractivity contribution in [3.63, 3.8) is 0 Å². The van der Waals surface area contributed by atoms with Crippen molar-refractivity contribution >= 4 is 23.5 Å². The summed E-state index contributed by atoms with van der Waals surface area (Å²) in [6.07, 6.45) is 18.0. The molecule has 1 aliphatic heterocycles. The second kappa shape index (κ2) is 22.4. The number of nitriles is 1. The van der Waals surface area contributed by atoms with Crippen LogP contribution >= 0.6 is 12.2 Å². The number of carbonyl (C=O) groups is 1. The third-order valence-corrected chi connectivity index (χ3v) is 9.13. The van der Waals surface area contributed by atoms with Crippen molar-refractivity contribution in [2.24, 2.45) is 11.8 Å². The number of unbranched alkanes of at least 4 members (excludes halogenated alkanes) is 2. The van der Waals surface area contributed by atoms with E-state index in [0.29, 0.717) is 30.3 Å². The summed E-state index contributed by atoms with van der Waals surface area (Å²) in [5.41, 5.74) is 11.1. The van der Waals surface area contributed by atoms with Gasteiger partial charge in [0, 0.05) is 37.9 Å². The zero-order valence-corrected chi connectivity index (χ0v) is 31.9. The van der Waals surface area contributed by atoms with Crippen molar-refractivity contribution in [2.75, 3.05) is 13.1 Å². The molecule has 0 radical (unpaired) electrons. The number of nitrogens with one attached hydrogen (secondary N) is 1. The van der Waals surface area contributed by atoms with E-state index in [9.17, 15) is 10.1 Å². The summed E-state index contributed by atoms with van der Waals surface area (Å²) in [6.45, 7) is 27.7. The number of Topliss-reactive ketones (excluding diaryl/α,β-unsaturated/α-hetero) is 1. The molecule has 1 aliphatic carbocycles. The van der Waals surface area contributed by atoms with Crippen LogP contribution < -0.4 is 5.32 Å². The molecular formula is C42H63N3OS. The van der Waals surface area contributed by atoms with Crippen LogP contribution in [-0.4, -0.2) is 35.3 Å². The van der Waals surface area contributed by atoms with Gasteiger partial charge >= 0.3 is 0 Å². The predicted octanol–water partition coefficient (Wildman–Crippen LogP) is 10.7. The molecule has 0 saturated heterocycles. The lowest BCUT2D eigenvalue weighted by molar-refractivity contribution is -0.115. The summed E-state index contributed by atoms with van der Waals surface area (Å²) in [5, 5.41) is 12.6. The van der Waals surface area contributed by atoms with Gasteiger partial charge in [-0.25, -0.2) is 0 Å². The van der Waals surface area contributed by atoms with Crippen LogP contribution in [0.1, 0.15) is 129 Å². The van der Waals surface area contributed by atoms with Crippen LogP contribution in [0.2, 0.25) is 0 Å². The molecule has 0 bridgehead atoms. The third kappa shape index (κ3) is 13.1. The zero-order valence-electron chi connectivity index (χ0n) is 31.0. The number of likely N-dealkylation sites (N-methyl/N-ethyl adjacent to an activating group) is 1. The standard InChI is InChI=1S/C21H29N.C17H26N2OS.C4H8/c1-4-6-7-10-17-13-18(5-2)21(20(14-17)15-22)19-11-8-9-16(3)12-19;1-6-12(3)16-13(4)15(9-8-10-18-11-21)17(14(5)20)19(16)7-2;1-4(2)3/h12-14,19H,4-11H2,1-3H3;6,8-9,11-13,16H,1,7,10H2,2-5H3,(H,18,21);1H2,2-3H3/b;9-8+;. The summed E-state index contributed by atoms with van der Waals surface area (Å²) < 4.78 is 0. The van der Waals surface area contributed by atoms with Gasteiger partial charge in [-0.15, -0.1) is 13.2 Å². The van der Waals surface area contributed by atoms with Crippen LogP contribution in [-0.2, 0) is 17.6 Å². The molecule has 1 aromatic rings. The zero-order chi connectivity index (χ0) is 35.5. The number of allylic oxidation sites excluding steroid dienone is 5. The minimum atomic E-state index is 0.130. The fourth-order valence-electron chi connectivity index (χ4n) is 6.83. The normalized spacial score (nSPS) is 19.4.